The highest BCUT2D eigenvalue weighted by Crippen LogP contribution is 2.30. The van der Waals surface area contributed by atoms with E-state index in [1.165, 1.54) is 12.1 Å². The van der Waals surface area contributed by atoms with E-state index in [9.17, 15) is 13.2 Å². The molecule has 1 atom stereocenters. The third-order valence-electron chi connectivity index (χ3n) is 3.29. The summed E-state index contributed by atoms with van der Waals surface area (Å²) < 4.78 is 37.9. The Kier molecular flexibility index (Phi) is 4.12. The molecular formula is C14H17F3N2. The summed E-state index contributed by atoms with van der Waals surface area (Å²) in [6.45, 7) is 0. The van der Waals surface area contributed by atoms with E-state index in [4.69, 9.17) is 5.73 Å². The van der Waals surface area contributed by atoms with Gasteiger partial charge in [0, 0.05) is 6.42 Å². The maximum Gasteiger partial charge on any atom is 0.416 e. The minimum Gasteiger partial charge on any atom is -0.387 e. The van der Waals surface area contributed by atoms with Gasteiger partial charge in [0.25, 0.3) is 0 Å². The van der Waals surface area contributed by atoms with Gasteiger partial charge in [0.05, 0.1) is 17.4 Å². The van der Waals surface area contributed by atoms with Crippen LogP contribution in [0.4, 0.5) is 13.2 Å². The number of hydrogen-bond acceptors (Lipinski definition) is 2. The first kappa shape index (κ1) is 13.9. The second kappa shape index (κ2) is 5.63. The predicted molar refractivity (Wildman–Crippen MR) is 69.0 cm³/mol. The molecule has 0 spiro atoms. The van der Waals surface area contributed by atoms with Crippen LogP contribution < -0.4 is 5.73 Å². The Bertz CT molecular complexity index is 466. The second-order valence-electron chi connectivity index (χ2n) is 4.92. The summed E-state index contributed by atoms with van der Waals surface area (Å²) in [6, 6.07) is 5.46. The smallest absolute Gasteiger partial charge is 0.387 e. The van der Waals surface area contributed by atoms with Crippen molar-refractivity contribution in [3.8, 4) is 0 Å². The Morgan fingerprint density at radius 1 is 1.26 bits per heavy atom. The Morgan fingerprint density at radius 2 is 2.05 bits per heavy atom. The fraction of sp³-hybridized carbons (Fsp3) is 0.500. The largest absolute Gasteiger partial charge is 0.416 e. The van der Waals surface area contributed by atoms with E-state index in [2.05, 4.69) is 4.99 Å². The normalized spacial score (nSPS) is 20.8. The molecular weight excluding hydrogens is 253 g/mol. The molecule has 0 aliphatic carbocycles. The molecule has 5 heteroatoms. The number of hydrogen-bond donors (Lipinski definition) is 1. The number of halogens is 3. The zero-order chi connectivity index (χ0) is 13.9. The summed E-state index contributed by atoms with van der Waals surface area (Å²) in [5.41, 5.74) is 5.81. The molecule has 1 aromatic carbocycles. The predicted octanol–water partition coefficient (Wildman–Crippen LogP) is 3.55. The van der Waals surface area contributed by atoms with Crippen LogP contribution in [0.15, 0.2) is 29.3 Å². The minimum atomic E-state index is -4.29. The molecule has 0 saturated carbocycles. The highest BCUT2D eigenvalue weighted by Gasteiger charge is 2.30. The van der Waals surface area contributed by atoms with Gasteiger partial charge < -0.3 is 5.73 Å². The number of benzene rings is 1. The number of rotatable bonds is 2. The standard InChI is InChI=1S/C14H17F3N2/c15-14(16,17)11-5-3-4-10(8-11)9-12-6-1-2-7-13(18)19-12/h3-5,8,12H,1-2,6-7,9H2,(H2,18,19). The quantitative estimate of drug-likeness (QED) is 0.877. The van der Waals surface area contributed by atoms with Crippen molar-refractivity contribution in [2.24, 2.45) is 10.7 Å². The average Bonchev–Trinajstić information content (AvgIpc) is 2.53. The molecule has 0 radical (unpaired) electrons. The molecule has 104 valence electrons. The molecule has 1 aliphatic rings. The topological polar surface area (TPSA) is 38.4 Å². The van der Waals surface area contributed by atoms with E-state index in [1.54, 1.807) is 6.07 Å². The fourth-order valence-corrected chi connectivity index (χ4v) is 2.34. The van der Waals surface area contributed by atoms with E-state index >= 15 is 0 Å². The van der Waals surface area contributed by atoms with Crippen molar-refractivity contribution < 1.29 is 13.2 Å². The van der Waals surface area contributed by atoms with Crippen LogP contribution in [0.2, 0.25) is 0 Å². The summed E-state index contributed by atoms with van der Waals surface area (Å²) in [4.78, 5) is 4.38. The van der Waals surface area contributed by atoms with E-state index in [-0.39, 0.29) is 6.04 Å². The van der Waals surface area contributed by atoms with Gasteiger partial charge in [0.2, 0.25) is 0 Å². The van der Waals surface area contributed by atoms with Crippen molar-refractivity contribution in [1.29, 1.82) is 0 Å². The summed E-state index contributed by atoms with van der Waals surface area (Å²) in [6.07, 6.45) is -0.0648. The molecule has 2 rings (SSSR count). The number of nitrogens with two attached hydrogens (primary N) is 1. The third kappa shape index (κ3) is 3.98. The molecule has 1 aliphatic heterocycles. The van der Waals surface area contributed by atoms with Crippen molar-refractivity contribution in [3.63, 3.8) is 0 Å². The summed E-state index contributed by atoms with van der Waals surface area (Å²) in [7, 11) is 0. The lowest BCUT2D eigenvalue weighted by molar-refractivity contribution is -0.137. The molecule has 0 amide bonds. The first-order valence-corrected chi connectivity index (χ1v) is 6.43. The Labute approximate surface area is 110 Å². The van der Waals surface area contributed by atoms with E-state index in [1.807, 2.05) is 0 Å². The summed E-state index contributed by atoms with van der Waals surface area (Å²) in [5, 5.41) is 0. The zero-order valence-corrected chi connectivity index (χ0v) is 10.6. The lowest BCUT2D eigenvalue weighted by atomic mass is 10.0. The molecule has 0 aromatic heterocycles. The second-order valence-corrected chi connectivity index (χ2v) is 4.92. The SMILES string of the molecule is NC1=NC(Cc2cccc(C(F)(F)F)c2)CCCC1. The maximum absolute atomic E-state index is 12.6. The van der Waals surface area contributed by atoms with Gasteiger partial charge in [0.15, 0.2) is 0 Å². The first-order chi connectivity index (χ1) is 8.95. The molecule has 0 saturated heterocycles. The van der Waals surface area contributed by atoms with Gasteiger partial charge in [-0.15, -0.1) is 0 Å². The molecule has 0 fully saturated rings. The van der Waals surface area contributed by atoms with Gasteiger partial charge in [-0.05, 0) is 30.9 Å². The fourth-order valence-electron chi connectivity index (χ4n) is 2.34. The van der Waals surface area contributed by atoms with Gasteiger partial charge in [-0.1, -0.05) is 24.6 Å². The molecule has 1 unspecified atom stereocenters. The van der Waals surface area contributed by atoms with Crippen LogP contribution in [-0.2, 0) is 12.6 Å². The van der Waals surface area contributed by atoms with Crippen molar-refractivity contribution in [2.45, 2.75) is 44.3 Å². The third-order valence-corrected chi connectivity index (χ3v) is 3.29. The maximum atomic E-state index is 12.6. The van der Waals surface area contributed by atoms with Crippen LogP contribution in [0.5, 0.6) is 0 Å². The van der Waals surface area contributed by atoms with Gasteiger partial charge in [-0.2, -0.15) is 13.2 Å². The van der Waals surface area contributed by atoms with E-state index in [0.717, 1.165) is 31.7 Å². The van der Waals surface area contributed by atoms with Crippen LogP contribution in [0, 0.1) is 0 Å². The van der Waals surface area contributed by atoms with Gasteiger partial charge >= 0.3 is 6.18 Å². The van der Waals surface area contributed by atoms with Crippen molar-refractivity contribution in [1.82, 2.24) is 0 Å². The number of alkyl halides is 3. The Hall–Kier alpha value is -1.52. The lowest BCUT2D eigenvalue weighted by Crippen LogP contribution is -2.16. The van der Waals surface area contributed by atoms with Crippen LogP contribution in [0.3, 0.4) is 0 Å². The van der Waals surface area contributed by atoms with Crippen molar-refractivity contribution >= 4 is 5.84 Å². The molecule has 19 heavy (non-hydrogen) atoms. The molecule has 2 nitrogen and oxygen atoms in total. The van der Waals surface area contributed by atoms with Crippen LogP contribution >= 0.6 is 0 Å². The molecule has 1 heterocycles. The highest BCUT2D eigenvalue weighted by molar-refractivity contribution is 5.80. The van der Waals surface area contributed by atoms with Gasteiger partial charge in [-0.3, -0.25) is 4.99 Å². The highest BCUT2D eigenvalue weighted by atomic mass is 19.4. The molecule has 1 aromatic rings. The number of aliphatic imine (C=N–C) groups is 1. The van der Waals surface area contributed by atoms with Gasteiger partial charge in [-0.25, -0.2) is 0 Å². The lowest BCUT2D eigenvalue weighted by Gasteiger charge is -2.13. The van der Waals surface area contributed by atoms with Crippen LogP contribution in [0.1, 0.15) is 36.8 Å². The summed E-state index contributed by atoms with van der Waals surface area (Å²) >= 11 is 0. The van der Waals surface area contributed by atoms with Crippen LogP contribution in [0.25, 0.3) is 0 Å². The molecule has 0 bridgehead atoms. The monoisotopic (exact) mass is 270 g/mol. The Morgan fingerprint density at radius 3 is 2.79 bits per heavy atom. The van der Waals surface area contributed by atoms with Crippen molar-refractivity contribution in [3.05, 3.63) is 35.4 Å². The Balaban J connectivity index is 2.12. The first-order valence-electron chi connectivity index (χ1n) is 6.43. The summed E-state index contributed by atoms with van der Waals surface area (Å²) in [5.74, 6) is 0.620. The molecule has 2 N–H and O–H groups in total. The number of amidine groups is 1. The van der Waals surface area contributed by atoms with E-state index in [0.29, 0.717) is 17.8 Å². The number of nitrogens with zero attached hydrogens (tertiary/aromatic N) is 1. The average molecular weight is 270 g/mol. The minimum absolute atomic E-state index is 0.00554. The van der Waals surface area contributed by atoms with E-state index < -0.39 is 11.7 Å². The van der Waals surface area contributed by atoms with Crippen LogP contribution in [-0.4, -0.2) is 11.9 Å². The van der Waals surface area contributed by atoms with Gasteiger partial charge in [0.1, 0.15) is 0 Å². The van der Waals surface area contributed by atoms with Crippen molar-refractivity contribution in [2.75, 3.05) is 0 Å². The zero-order valence-electron chi connectivity index (χ0n) is 10.6.